The lowest BCUT2D eigenvalue weighted by molar-refractivity contribution is -0.120. The highest BCUT2D eigenvalue weighted by atomic mass is 32.2. The molecule has 0 saturated heterocycles. The third-order valence-electron chi connectivity index (χ3n) is 4.34. The molecule has 0 aliphatic carbocycles. The van der Waals surface area contributed by atoms with Crippen molar-refractivity contribution in [3.63, 3.8) is 0 Å². The van der Waals surface area contributed by atoms with Crippen molar-refractivity contribution in [2.45, 2.75) is 30.0 Å². The predicted octanol–water partition coefficient (Wildman–Crippen LogP) is 5.38. The smallest absolute Gasteiger partial charge is 0.233 e. The fraction of sp³-hybridized carbons (Fsp3) is 0.174. The zero-order valence-corrected chi connectivity index (χ0v) is 15.9. The van der Waals surface area contributed by atoms with E-state index >= 15 is 0 Å². The molecular formula is C23H23NOS. The van der Waals surface area contributed by atoms with E-state index in [9.17, 15) is 4.79 Å². The molecule has 0 aromatic heterocycles. The normalized spacial score (nSPS) is 13.0. The Morgan fingerprint density at radius 1 is 0.846 bits per heavy atom. The maximum absolute atomic E-state index is 12.9. The number of amides is 1. The Hall–Kier alpha value is -2.52. The van der Waals surface area contributed by atoms with Crippen molar-refractivity contribution < 1.29 is 4.79 Å². The van der Waals surface area contributed by atoms with Gasteiger partial charge in [-0.25, -0.2) is 0 Å². The summed E-state index contributed by atoms with van der Waals surface area (Å²) in [4.78, 5) is 14.0. The van der Waals surface area contributed by atoms with Crippen LogP contribution >= 0.6 is 11.8 Å². The molecule has 0 radical (unpaired) electrons. The van der Waals surface area contributed by atoms with Crippen LogP contribution in [0.2, 0.25) is 0 Å². The van der Waals surface area contributed by atoms with Gasteiger partial charge in [0.05, 0.1) is 11.3 Å². The number of hydrogen-bond acceptors (Lipinski definition) is 2. The second-order valence-electron chi connectivity index (χ2n) is 6.28. The highest BCUT2D eigenvalue weighted by molar-refractivity contribution is 8.00. The molecule has 3 aromatic rings. The molecule has 0 saturated carbocycles. The summed E-state index contributed by atoms with van der Waals surface area (Å²) in [7, 11) is 0. The van der Waals surface area contributed by atoms with Crippen molar-refractivity contribution in [1.82, 2.24) is 5.32 Å². The molecule has 3 rings (SSSR count). The third-order valence-corrected chi connectivity index (χ3v) is 5.46. The molecule has 0 unspecified atom stereocenters. The van der Waals surface area contributed by atoms with Gasteiger partial charge in [0, 0.05) is 4.90 Å². The first-order chi connectivity index (χ1) is 12.6. The zero-order chi connectivity index (χ0) is 18.4. The second-order valence-corrected chi connectivity index (χ2v) is 7.70. The summed E-state index contributed by atoms with van der Waals surface area (Å²) < 4.78 is 0. The van der Waals surface area contributed by atoms with Gasteiger partial charge in [0.15, 0.2) is 0 Å². The van der Waals surface area contributed by atoms with Gasteiger partial charge in [-0.15, -0.1) is 11.8 Å². The van der Waals surface area contributed by atoms with Crippen molar-refractivity contribution in [1.29, 1.82) is 0 Å². The van der Waals surface area contributed by atoms with Crippen molar-refractivity contribution in [2.24, 2.45) is 0 Å². The number of nitrogens with one attached hydrogen (secondary N) is 1. The second kappa shape index (κ2) is 8.72. The fourth-order valence-electron chi connectivity index (χ4n) is 2.91. The van der Waals surface area contributed by atoms with Crippen molar-refractivity contribution in [3.05, 3.63) is 102 Å². The predicted molar refractivity (Wildman–Crippen MR) is 109 cm³/mol. The monoisotopic (exact) mass is 361 g/mol. The molecule has 1 amide bonds. The summed E-state index contributed by atoms with van der Waals surface area (Å²) in [5, 5.41) is 3.08. The van der Waals surface area contributed by atoms with Gasteiger partial charge in [-0.3, -0.25) is 4.79 Å². The standard InChI is InChI=1S/C23H23NOS/c1-17-11-9-10-16-21(17)22(19-12-5-3-6-13-19)24-23(25)18(2)26-20-14-7-4-8-15-20/h3-16,18,22H,1-2H3,(H,24,25)/t18-,22-/m1/s1. The van der Waals surface area contributed by atoms with Gasteiger partial charge in [-0.2, -0.15) is 0 Å². The lowest BCUT2D eigenvalue weighted by Crippen LogP contribution is -2.35. The SMILES string of the molecule is Cc1ccccc1[C@H](NC(=O)[C@@H](C)Sc1ccccc1)c1ccccc1. The molecule has 0 bridgehead atoms. The summed E-state index contributed by atoms with van der Waals surface area (Å²) in [6.07, 6.45) is 0. The molecule has 2 nitrogen and oxygen atoms in total. The number of carbonyl (C=O) groups is 1. The number of benzene rings is 3. The van der Waals surface area contributed by atoms with E-state index in [4.69, 9.17) is 0 Å². The van der Waals surface area contributed by atoms with Crippen molar-refractivity contribution in [2.75, 3.05) is 0 Å². The Balaban J connectivity index is 1.82. The van der Waals surface area contributed by atoms with Gasteiger partial charge in [0.25, 0.3) is 0 Å². The molecule has 0 spiro atoms. The van der Waals surface area contributed by atoms with Crippen molar-refractivity contribution >= 4 is 17.7 Å². The first-order valence-corrected chi connectivity index (χ1v) is 9.65. The van der Waals surface area contributed by atoms with Gasteiger partial charge < -0.3 is 5.32 Å². The van der Waals surface area contributed by atoms with Crippen LogP contribution in [0.5, 0.6) is 0 Å². The number of aryl methyl sites for hydroxylation is 1. The van der Waals surface area contributed by atoms with Crippen LogP contribution in [0.1, 0.15) is 29.7 Å². The molecule has 0 aliphatic heterocycles. The largest absolute Gasteiger partial charge is 0.344 e. The number of rotatable bonds is 6. The Bertz CT molecular complexity index is 848. The summed E-state index contributed by atoms with van der Waals surface area (Å²) in [5.74, 6) is 0.0379. The van der Waals surface area contributed by atoms with Gasteiger partial charge >= 0.3 is 0 Å². The molecule has 0 aliphatic rings. The average molecular weight is 362 g/mol. The van der Waals surface area contributed by atoms with E-state index in [2.05, 4.69) is 36.5 Å². The van der Waals surface area contributed by atoms with E-state index in [1.165, 1.54) is 5.56 Å². The molecule has 132 valence electrons. The van der Waals surface area contributed by atoms with Crippen molar-refractivity contribution in [3.8, 4) is 0 Å². The minimum atomic E-state index is -0.173. The van der Waals surface area contributed by atoms with Gasteiger partial charge in [-0.1, -0.05) is 72.8 Å². The molecule has 26 heavy (non-hydrogen) atoms. The Morgan fingerprint density at radius 2 is 1.42 bits per heavy atom. The van der Waals surface area contributed by atoms with Crippen LogP contribution in [0.3, 0.4) is 0 Å². The van der Waals surface area contributed by atoms with E-state index in [1.54, 1.807) is 11.8 Å². The van der Waals surface area contributed by atoms with E-state index in [0.717, 1.165) is 16.0 Å². The molecule has 0 heterocycles. The van der Waals surface area contributed by atoms with E-state index in [-0.39, 0.29) is 17.2 Å². The molecule has 2 atom stereocenters. The average Bonchev–Trinajstić information content (AvgIpc) is 2.68. The van der Waals surface area contributed by atoms with E-state index in [0.29, 0.717) is 0 Å². The Labute approximate surface area is 159 Å². The van der Waals surface area contributed by atoms with Gasteiger partial charge in [0.1, 0.15) is 0 Å². The topological polar surface area (TPSA) is 29.1 Å². The maximum Gasteiger partial charge on any atom is 0.233 e. The van der Waals surface area contributed by atoms with E-state index in [1.807, 2.05) is 67.6 Å². The third kappa shape index (κ3) is 4.55. The molecule has 3 heteroatoms. The Kier molecular flexibility index (Phi) is 6.13. The van der Waals surface area contributed by atoms with Crippen LogP contribution in [0, 0.1) is 6.92 Å². The fourth-order valence-corrected chi connectivity index (χ4v) is 3.81. The van der Waals surface area contributed by atoms with E-state index < -0.39 is 0 Å². The quantitative estimate of drug-likeness (QED) is 0.597. The summed E-state index contributed by atoms with van der Waals surface area (Å²) in [5.41, 5.74) is 3.39. The number of thioether (sulfide) groups is 1. The summed E-state index contributed by atoms with van der Waals surface area (Å²) in [6.45, 7) is 4.03. The minimum Gasteiger partial charge on any atom is -0.344 e. The van der Waals surface area contributed by atoms with Crippen LogP contribution in [-0.4, -0.2) is 11.2 Å². The molecule has 3 aromatic carbocycles. The zero-order valence-electron chi connectivity index (χ0n) is 15.1. The summed E-state index contributed by atoms with van der Waals surface area (Å²) in [6, 6.07) is 28.2. The van der Waals surface area contributed by atoms with Crippen LogP contribution < -0.4 is 5.32 Å². The van der Waals surface area contributed by atoms with Crippen LogP contribution in [-0.2, 0) is 4.79 Å². The number of carbonyl (C=O) groups excluding carboxylic acids is 1. The van der Waals surface area contributed by atoms with Crippen LogP contribution in [0.4, 0.5) is 0 Å². The van der Waals surface area contributed by atoms with Crippen LogP contribution in [0.15, 0.2) is 89.8 Å². The Morgan fingerprint density at radius 3 is 2.08 bits per heavy atom. The van der Waals surface area contributed by atoms with Crippen LogP contribution in [0.25, 0.3) is 0 Å². The molecule has 1 N–H and O–H groups in total. The first kappa shape index (κ1) is 18.3. The minimum absolute atomic E-state index is 0.0379. The maximum atomic E-state index is 12.9. The number of hydrogen-bond donors (Lipinski definition) is 1. The lowest BCUT2D eigenvalue weighted by Gasteiger charge is -2.23. The highest BCUT2D eigenvalue weighted by Crippen LogP contribution is 2.27. The summed E-state index contributed by atoms with van der Waals surface area (Å²) >= 11 is 1.58. The van der Waals surface area contributed by atoms with Gasteiger partial charge in [-0.05, 0) is 42.7 Å². The molecule has 0 fully saturated rings. The van der Waals surface area contributed by atoms with Gasteiger partial charge in [0.2, 0.25) is 5.91 Å². The first-order valence-electron chi connectivity index (χ1n) is 8.77. The lowest BCUT2D eigenvalue weighted by atomic mass is 9.95. The highest BCUT2D eigenvalue weighted by Gasteiger charge is 2.22. The molecular weight excluding hydrogens is 338 g/mol.